The van der Waals surface area contributed by atoms with Crippen LogP contribution in [0.2, 0.25) is 0 Å². The largest absolute Gasteiger partial charge is 0.481 e. The third-order valence-corrected chi connectivity index (χ3v) is 2.39. The number of aliphatic carboxylic acids is 1. The highest BCUT2D eigenvalue weighted by atomic mass is 16.4. The van der Waals surface area contributed by atoms with Crippen molar-refractivity contribution >= 4 is 18.1 Å². The summed E-state index contributed by atoms with van der Waals surface area (Å²) in [6.45, 7) is 2.34. The van der Waals surface area contributed by atoms with Gasteiger partial charge in [-0.15, -0.1) is 0 Å². The molecule has 3 N–H and O–H groups in total. The van der Waals surface area contributed by atoms with E-state index in [2.05, 4.69) is 10.6 Å². The predicted octanol–water partition coefficient (Wildman–Crippen LogP) is 2.13. The molecule has 5 heteroatoms. The van der Waals surface area contributed by atoms with Gasteiger partial charge in [0.1, 0.15) is 0 Å². The summed E-state index contributed by atoms with van der Waals surface area (Å²) in [4.78, 5) is 21.6. The highest BCUT2D eigenvalue weighted by Gasteiger charge is 1.98. The van der Waals surface area contributed by atoms with E-state index in [1.54, 1.807) is 12.3 Å². The van der Waals surface area contributed by atoms with Crippen molar-refractivity contribution in [2.75, 3.05) is 6.54 Å². The van der Waals surface area contributed by atoms with Crippen molar-refractivity contribution in [3.05, 3.63) is 41.6 Å². The molecule has 0 aromatic heterocycles. The fourth-order valence-corrected chi connectivity index (χ4v) is 1.48. The van der Waals surface area contributed by atoms with E-state index in [1.165, 1.54) is 0 Å². The van der Waals surface area contributed by atoms with Gasteiger partial charge in [-0.1, -0.05) is 29.8 Å². The second kappa shape index (κ2) is 7.92. The van der Waals surface area contributed by atoms with Gasteiger partial charge in [0.05, 0.1) is 0 Å². The average molecular weight is 262 g/mol. The lowest BCUT2D eigenvalue weighted by Gasteiger charge is -2.03. The molecule has 2 amide bonds. The van der Waals surface area contributed by atoms with Gasteiger partial charge in [0.15, 0.2) is 0 Å². The first-order valence-electron chi connectivity index (χ1n) is 6.07. The monoisotopic (exact) mass is 262 g/mol. The maximum atomic E-state index is 11.3. The molecule has 0 radical (unpaired) electrons. The molecule has 5 nitrogen and oxygen atoms in total. The minimum atomic E-state index is -0.860. The van der Waals surface area contributed by atoms with Gasteiger partial charge < -0.3 is 15.7 Å². The Kier molecular flexibility index (Phi) is 6.15. The van der Waals surface area contributed by atoms with Crippen molar-refractivity contribution in [3.8, 4) is 0 Å². The Morgan fingerprint density at radius 3 is 2.84 bits per heavy atom. The van der Waals surface area contributed by atoms with E-state index in [4.69, 9.17) is 5.11 Å². The normalized spacial score (nSPS) is 10.4. The highest BCUT2D eigenvalue weighted by Crippen LogP contribution is 2.04. The van der Waals surface area contributed by atoms with Gasteiger partial charge >= 0.3 is 12.0 Å². The number of hydrogen-bond donors (Lipinski definition) is 3. The fraction of sp³-hybridized carbons (Fsp3) is 0.286. The molecule has 1 aromatic rings. The zero-order valence-electron chi connectivity index (χ0n) is 10.8. The predicted molar refractivity (Wildman–Crippen MR) is 73.6 cm³/mol. The molecule has 19 heavy (non-hydrogen) atoms. The summed E-state index contributed by atoms with van der Waals surface area (Å²) >= 11 is 0. The Balaban J connectivity index is 2.24. The Labute approximate surface area is 112 Å². The zero-order valence-corrected chi connectivity index (χ0v) is 10.8. The van der Waals surface area contributed by atoms with E-state index in [1.807, 2.05) is 31.2 Å². The van der Waals surface area contributed by atoms with Gasteiger partial charge in [-0.2, -0.15) is 0 Å². The van der Waals surface area contributed by atoms with E-state index in [0.717, 1.165) is 11.1 Å². The molecule has 0 saturated carbocycles. The van der Waals surface area contributed by atoms with Crippen molar-refractivity contribution in [2.45, 2.75) is 19.8 Å². The number of nitrogens with one attached hydrogen (secondary N) is 2. The molecular formula is C14H18N2O3. The maximum absolute atomic E-state index is 11.3. The first-order valence-corrected chi connectivity index (χ1v) is 6.07. The van der Waals surface area contributed by atoms with Crippen LogP contribution in [0.1, 0.15) is 24.0 Å². The smallest absolute Gasteiger partial charge is 0.318 e. The number of carbonyl (C=O) groups is 2. The lowest BCUT2D eigenvalue weighted by molar-refractivity contribution is -0.137. The van der Waals surface area contributed by atoms with E-state index in [0.29, 0.717) is 13.0 Å². The van der Waals surface area contributed by atoms with Crippen LogP contribution in [0.3, 0.4) is 0 Å². The zero-order chi connectivity index (χ0) is 14.1. The number of rotatable bonds is 6. The molecular weight excluding hydrogens is 244 g/mol. The van der Waals surface area contributed by atoms with E-state index in [9.17, 15) is 9.59 Å². The molecule has 0 atom stereocenters. The molecule has 0 bridgehead atoms. The van der Waals surface area contributed by atoms with Crippen LogP contribution in [-0.4, -0.2) is 23.7 Å². The molecule has 0 saturated heterocycles. The molecule has 102 valence electrons. The van der Waals surface area contributed by atoms with Gasteiger partial charge in [0.2, 0.25) is 0 Å². The van der Waals surface area contributed by atoms with Crippen molar-refractivity contribution in [2.24, 2.45) is 0 Å². The average Bonchev–Trinajstić information content (AvgIpc) is 2.34. The molecule has 0 aliphatic heterocycles. The number of carboxylic acids is 1. The van der Waals surface area contributed by atoms with Crippen LogP contribution in [0.25, 0.3) is 6.08 Å². The third kappa shape index (κ3) is 6.88. The molecule has 0 heterocycles. The van der Waals surface area contributed by atoms with Gasteiger partial charge in [-0.05, 0) is 25.0 Å². The Morgan fingerprint density at radius 1 is 1.37 bits per heavy atom. The lowest BCUT2D eigenvalue weighted by Crippen LogP contribution is -2.32. The quantitative estimate of drug-likeness (QED) is 0.687. The number of urea groups is 1. The topological polar surface area (TPSA) is 78.4 Å². The van der Waals surface area contributed by atoms with Gasteiger partial charge in [-0.3, -0.25) is 4.79 Å². The van der Waals surface area contributed by atoms with E-state index in [-0.39, 0.29) is 12.5 Å². The minimum Gasteiger partial charge on any atom is -0.481 e. The van der Waals surface area contributed by atoms with Crippen LogP contribution in [-0.2, 0) is 4.79 Å². The molecule has 0 unspecified atom stereocenters. The van der Waals surface area contributed by atoms with Crippen LogP contribution in [0, 0.1) is 6.92 Å². The van der Waals surface area contributed by atoms with Crippen molar-refractivity contribution in [3.63, 3.8) is 0 Å². The van der Waals surface area contributed by atoms with Crippen molar-refractivity contribution < 1.29 is 14.7 Å². The summed E-state index contributed by atoms with van der Waals surface area (Å²) in [5.74, 6) is -0.860. The molecule has 0 spiro atoms. The summed E-state index contributed by atoms with van der Waals surface area (Å²) in [5.41, 5.74) is 2.16. The summed E-state index contributed by atoms with van der Waals surface area (Å²) in [6.07, 6.45) is 3.83. The minimum absolute atomic E-state index is 0.0550. The number of aryl methyl sites for hydroxylation is 1. The molecule has 0 fully saturated rings. The second-order valence-corrected chi connectivity index (χ2v) is 4.15. The number of amides is 2. The number of benzene rings is 1. The van der Waals surface area contributed by atoms with Crippen LogP contribution in [0.15, 0.2) is 30.5 Å². The van der Waals surface area contributed by atoms with Crippen LogP contribution in [0.5, 0.6) is 0 Å². The van der Waals surface area contributed by atoms with Crippen LogP contribution < -0.4 is 10.6 Å². The van der Waals surface area contributed by atoms with E-state index < -0.39 is 5.97 Å². The summed E-state index contributed by atoms with van der Waals surface area (Å²) in [7, 11) is 0. The lowest BCUT2D eigenvalue weighted by atomic mass is 10.1. The summed E-state index contributed by atoms with van der Waals surface area (Å²) in [6, 6.07) is 7.55. The summed E-state index contributed by atoms with van der Waals surface area (Å²) < 4.78 is 0. The van der Waals surface area contributed by atoms with E-state index >= 15 is 0 Å². The molecule has 1 rings (SSSR count). The summed E-state index contributed by atoms with van der Waals surface area (Å²) in [5, 5.41) is 13.6. The van der Waals surface area contributed by atoms with Gasteiger partial charge in [0.25, 0.3) is 0 Å². The third-order valence-electron chi connectivity index (χ3n) is 2.39. The number of carbonyl (C=O) groups excluding carboxylic acids is 1. The Morgan fingerprint density at radius 2 is 2.16 bits per heavy atom. The second-order valence-electron chi connectivity index (χ2n) is 4.15. The van der Waals surface area contributed by atoms with Gasteiger partial charge in [-0.25, -0.2) is 4.79 Å². The standard InChI is InChI=1S/C14H18N2O3/c1-11-4-2-5-12(10-11)7-9-16-14(19)15-8-3-6-13(17)18/h2,4-5,7,9-10H,3,6,8H2,1H3,(H,17,18)(H2,15,16,19)/b9-7+. The Bertz CT molecular complexity index is 470. The molecule has 0 aliphatic carbocycles. The highest BCUT2D eigenvalue weighted by molar-refractivity contribution is 5.76. The van der Waals surface area contributed by atoms with Crippen LogP contribution >= 0.6 is 0 Å². The van der Waals surface area contributed by atoms with Crippen molar-refractivity contribution in [1.29, 1.82) is 0 Å². The van der Waals surface area contributed by atoms with Crippen LogP contribution in [0.4, 0.5) is 4.79 Å². The number of hydrogen-bond acceptors (Lipinski definition) is 2. The maximum Gasteiger partial charge on any atom is 0.318 e. The molecule has 0 aliphatic rings. The van der Waals surface area contributed by atoms with Gasteiger partial charge in [0, 0.05) is 19.2 Å². The first kappa shape index (κ1) is 14.8. The first-order chi connectivity index (χ1) is 9.08. The van der Waals surface area contributed by atoms with Crippen molar-refractivity contribution in [1.82, 2.24) is 10.6 Å². The molecule has 1 aromatic carbocycles. The SMILES string of the molecule is Cc1cccc(/C=C/NC(=O)NCCCC(=O)O)c1. The Hall–Kier alpha value is -2.30. The number of carboxylic acid groups (broad SMARTS) is 1. The fourth-order valence-electron chi connectivity index (χ4n) is 1.48.